The van der Waals surface area contributed by atoms with E-state index in [1.807, 2.05) is 0 Å². The second-order valence-electron chi connectivity index (χ2n) is 4.53. The van der Waals surface area contributed by atoms with Gasteiger partial charge in [0.05, 0.1) is 11.1 Å². The lowest BCUT2D eigenvalue weighted by molar-refractivity contribution is 0.182. The zero-order valence-electron chi connectivity index (χ0n) is 11.0. The van der Waals surface area contributed by atoms with Crippen LogP contribution in [-0.2, 0) is 10.0 Å². The van der Waals surface area contributed by atoms with Gasteiger partial charge in [-0.25, -0.2) is 13.1 Å². The van der Waals surface area contributed by atoms with Gasteiger partial charge in [0, 0.05) is 12.2 Å². The Labute approximate surface area is 118 Å². The van der Waals surface area contributed by atoms with E-state index in [1.165, 1.54) is 12.1 Å². The van der Waals surface area contributed by atoms with Crippen LogP contribution in [0.25, 0.3) is 0 Å². The SMILES string of the molecule is Cc1cc(Cl)c(S(=O)(=O)NCCCC(C)O)cc1N. The van der Waals surface area contributed by atoms with Gasteiger partial charge in [-0.3, -0.25) is 0 Å². The highest BCUT2D eigenvalue weighted by Gasteiger charge is 2.18. The van der Waals surface area contributed by atoms with Crippen molar-refractivity contribution < 1.29 is 13.5 Å². The first-order valence-corrected chi connectivity index (χ1v) is 7.83. The van der Waals surface area contributed by atoms with Gasteiger partial charge in [0.1, 0.15) is 4.90 Å². The van der Waals surface area contributed by atoms with E-state index in [9.17, 15) is 8.42 Å². The molecule has 0 aliphatic heterocycles. The molecule has 0 aliphatic rings. The molecule has 0 aliphatic carbocycles. The molecule has 0 bridgehead atoms. The van der Waals surface area contributed by atoms with Gasteiger partial charge in [-0.05, 0) is 44.4 Å². The smallest absolute Gasteiger partial charge is 0.242 e. The summed E-state index contributed by atoms with van der Waals surface area (Å²) in [6.45, 7) is 3.66. The number of nitrogen functional groups attached to an aromatic ring is 1. The summed E-state index contributed by atoms with van der Waals surface area (Å²) in [5.41, 5.74) is 6.81. The predicted molar refractivity (Wildman–Crippen MR) is 76.7 cm³/mol. The van der Waals surface area contributed by atoms with E-state index in [1.54, 1.807) is 13.8 Å². The molecule has 108 valence electrons. The number of nitrogens with two attached hydrogens (primary N) is 1. The van der Waals surface area contributed by atoms with Crippen LogP contribution in [0.1, 0.15) is 25.3 Å². The van der Waals surface area contributed by atoms with Crippen LogP contribution in [0.15, 0.2) is 17.0 Å². The Morgan fingerprint density at radius 2 is 2.11 bits per heavy atom. The summed E-state index contributed by atoms with van der Waals surface area (Å²) in [6.07, 6.45) is 0.644. The lowest BCUT2D eigenvalue weighted by Gasteiger charge is -2.11. The van der Waals surface area contributed by atoms with Crippen LogP contribution in [-0.4, -0.2) is 26.2 Å². The molecule has 1 atom stereocenters. The van der Waals surface area contributed by atoms with Gasteiger partial charge in [-0.2, -0.15) is 0 Å². The van der Waals surface area contributed by atoms with Gasteiger partial charge in [0.15, 0.2) is 0 Å². The third kappa shape index (κ3) is 4.65. The molecule has 0 heterocycles. The van der Waals surface area contributed by atoms with E-state index in [-0.39, 0.29) is 16.5 Å². The first-order valence-electron chi connectivity index (χ1n) is 5.97. The summed E-state index contributed by atoms with van der Waals surface area (Å²) < 4.78 is 26.5. The number of sulfonamides is 1. The van der Waals surface area contributed by atoms with Crippen LogP contribution in [0.4, 0.5) is 5.69 Å². The average Bonchev–Trinajstić information content (AvgIpc) is 2.29. The summed E-state index contributed by atoms with van der Waals surface area (Å²) in [4.78, 5) is -0.0192. The fraction of sp³-hybridized carbons (Fsp3) is 0.500. The van der Waals surface area contributed by atoms with Crippen molar-refractivity contribution in [1.29, 1.82) is 0 Å². The molecule has 0 saturated heterocycles. The van der Waals surface area contributed by atoms with Crippen molar-refractivity contribution in [1.82, 2.24) is 4.72 Å². The highest BCUT2D eigenvalue weighted by atomic mass is 35.5. The van der Waals surface area contributed by atoms with Crippen LogP contribution >= 0.6 is 11.6 Å². The van der Waals surface area contributed by atoms with Crippen LogP contribution in [0.2, 0.25) is 5.02 Å². The topological polar surface area (TPSA) is 92.4 Å². The largest absolute Gasteiger partial charge is 0.398 e. The second kappa shape index (κ2) is 6.56. The molecule has 5 nitrogen and oxygen atoms in total. The fourth-order valence-corrected chi connectivity index (χ4v) is 3.25. The fourth-order valence-electron chi connectivity index (χ4n) is 1.56. The minimum atomic E-state index is -3.67. The van der Waals surface area contributed by atoms with E-state index in [0.29, 0.717) is 18.5 Å². The molecule has 7 heteroatoms. The summed E-state index contributed by atoms with van der Waals surface area (Å²) in [7, 11) is -3.67. The number of rotatable bonds is 6. The van der Waals surface area contributed by atoms with Gasteiger partial charge in [-0.1, -0.05) is 11.6 Å². The number of aliphatic hydroxyl groups excluding tert-OH is 1. The van der Waals surface area contributed by atoms with Crippen molar-refractivity contribution >= 4 is 27.3 Å². The Morgan fingerprint density at radius 3 is 2.68 bits per heavy atom. The molecule has 0 fully saturated rings. The summed E-state index contributed by atoms with van der Waals surface area (Å²) >= 11 is 5.93. The summed E-state index contributed by atoms with van der Waals surface area (Å²) in [5, 5.41) is 9.24. The molecule has 0 spiro atoms. The van der Waals surface area contributed by atoms with Crippen LogP contribution in [0.5, 0.6) is 0 Å². The Bertz CT molecular complexity index is 544. The van der Waals surface area contributed by atoms with Gasteiger partial charge in [0.2, 0.25) is 10.0 Å². The number of hydrogen-bond acceptors (Lipinski definition) is 4. The van der Waals surface area contributed by atoms with Crippen LogP contribution in [0, 0.1) is 6.92 Å². The summed E-state index contributed by atoms with van der Waals surface area (Å²) in [5.74, 6) is 0. The third-order valence-electron chi connectivity index (χ3n) is 2.70. The molecular formula is C12H19ClN2O3S. The summed E-state index contributed by atoms with van der Waals surface area (Å²) in [6, 6.07) is 2.88. The standard InChI is InChI=1S/C12H19ClN2O3S/c1-8-6-10(13)12(7-11(8)14)19(17,18)15-5-3-4-9(2)16/h6-7,9,15-16H,3-5,14H2,1-2H3. The van der Waals surface area contributed by atoms with Crippen LogP contribution in [0.3, 0.4) is 0 Å². The maximum absolute atomic E-state index is 12.0. The van der Waals surface area contributed by atoms with E-state index in [2.05, 4.69) is 4.72 Å². The number of halogens is 1. The second-order valence-corrected chi connectivity index (χ2v) is 6.67. The van der Waals surface area contributed by atoms with Gasteiger partial charge in [0.25, 0.3) is 0 Å². The third-order valence-corrected chi connectivity index (χ3v) is 4.63. The number of aliphatic hydroxyl groups is 1. The Balaban J connectivity index is 2.80. The van der Waals surface area contributed by atoms with Crippen molar-refractivity contribution in [3.05, 3.63) is 22.7 Å². The highest BCUT2D eigenvalue weighted by Crippen LogP contribution is 2.26. The first kappa shape index (κ1) is 16.2. The number of benzene rings is 1. The molecule has 1 aromatic carbocycles. The van der Waals surface area contributed by atoms with E-state index in [0.717, 1.165) is 5.56 Å². The first-order chi connectivity index (χ1) is 8.74. The molecule has 1 unspecified atom stereocenters. The molecule has 1 aromatic rings. The van der Waals surface area contributed by atoms with E-state index >= 15 is 0 Å². The van der Waals surface area contributed by atoms with E-state index < -0.39 is 16.1 Å². The maximum atomic E-state index is 12.0. The Kier molecular flexibility index (Phi) is 5.61. The van der Waals surface area contributed by atoms with Gasteiger partial charge >= 0.3 is 0 Å². The number of nitrogens with one attached hydrogen (secondary N) is 1. The van der Waals surface area contributed by atoms with Crippen molar-refractivity contribution in [3.8, 4) is 0 Å². The van der Waals surface area contributed by atoms with Crippen molar-refractivity contribution in [2.75, 3.05) is 12.3 Å². The quantitative estimate of drug-likeness (QED) is 0.550. The number of anilines is 1. The Morgan fingerprint density at radius 1 is 1.47 bits per heavy atom. The van der Waals surface area contributed by atoms with Crippen molar-refractivity contribution in [2.24, 2.45) is 0 Å². The molecule has 1 rings (SSSR count). The predicted octanol–water partition coefficient (Wildman–Crippen LogP) is 1.67. The number of aryl methyl sites for hydroxylation is 1. The monoisotopic (exact) mass is 306 g/mol. The molecular weight excluding hydrogens is 288 g/mol. The molecule has 19 heavy (non-hydrogen) atoms. The van der Waals surface area contributed by atoms with Crippen molar-refractivity contribution in [2.45, 2.75) is 37.7 Å². The van der Waals surface area contributed by atoms with Crippen LogP contribution < -0.4 is 10.5 Å². The lowest BCUT2D eigenvalue weighted by atomic mass is 10.2. The van der Waals surface area contributed by atoms with Gasteiger partial charge in [-0.15, -0.1) is 0 Å². The zero-order chi connectivity index (χ0) is 14.6. The minimum Gasteiger partial charge on any atom is -0.398 e. The van der Waals surface area contributed by atoms with Gasteiger partial charge < -0.3 is 10.8 Å². The molecule has 0 amide bonds. The minimum absolute atomic E-state index is 0.0192. The molecule has 0 radical (unpaired) electrons. The lowest BCUT2D eigenvalue weighted by Crippen LogP contribution is -2.25. The molecule has 0 saturated carbocycles. The number of hydrogen-bond donors (Lipinski definition) is 3. The van der Waals surface area contributed by atoms with Crippen molar-refractivity contribution in [3.63, 3.8) is 0 Å². The average molecular weight is 307 g/mol. The maximum Gasteiger partial charge on any atom is 0.242 e. The normalized spacial score (nSPS) is 13.5. The van der Waals surface area contributed by atoms with E-state index in [4.69, 9.17) is 22.4 Å². The zero-order valence-corrected chi connectivity index (χ0v) is 12.6. The Hall–Kier alpha value is -0.820. The molecule has 4 N–H and O–H groups in total. The highest BCUT2D eigenvalue weighted by molar-refractivity contribution is 7.89. The molecule has 0 aromatic heterocycles.